The van der Waals surface area contributed by atoms with Gasteiger partial charge < -0.3 is 28.4 Å². The van der Waals surface area contributed by atoms with Crippen molar-refractivity contribution in [2.75, 3.05) is 39.3 Å². The van der Waals surface area contributed by atoms with Gasteiger partial charge >= 0.3 is 21.1 Å². The third kappa shape index (κ3) is 15.1. The van der Waals surface area contributed by atoms with Gasteiger partial charge in [0.1, 0.15) is 0 Å². The van der Waals surface area contributed by atoms with E-state index in [9.17, 15) is 0 Å². The van der Waals surface area contributed by atoms with Crippen molar-refractivity contribution in [3.05, 3.63) is 0 Å². The molecule has 0 spiro atoms. The fourth-order valence-electron chi connectivity index (χ4n) is 1.41. The average Bonchev–Trinajstić information content (AvgIpc) is 2.24. The molecule has 0 aromatic heterocycles. The Bertz CT molecular complexity index is 66.3. The van der Waals surface area contributed by atoms with E-state index in [0.29, 0.717) is 0 Å². The maximum absolute atomic E-state index is 3.28. The first kappa shape index (κ1) is 21.4. The summed E-state index contributed by atoms with van der Waals surface area (Å²) in [5.41, 5.74) is 0. The van der Waals surface area contributed by atoms with Gasteiger partial charge in [-0.3, -0.25) is 0 Å². The Morgan fingerprint density at radius 3 is 1.00 bits per heavy atom. The Hall–Kier alpha value is 1.15. The van der Waals surface area contributed by atoms with Gasteiger partial charge in [0.05, 0.1) is 0 Å². The van der Waals surface area contributed by atoms with Crippen LogP contribution in [-0.4, -0.2) is 39.3 Å². The largest absolute Gasteiger partial charge is 2.00 e. The van der Waals surface area contributed by atoms with E-state index in [2.05, 4.69) is 16.0 Å². The SMILES string of the molecule is C1CCNCC1.C1CNCCN1.Cl.[Cl-].[Pt+2]. The quantitative estimate of drug-likeness (QED) is 0.388. The number of halogens is 2. The van der Waals surface area contributed by atoms with Crippen LogP contribution in [0.1, 0.15) is 19.3 Å². The van der Waals surface area contributed by atoms with Crippen LogP contribution in [0, 0.1) is 0 Å². The van der Waals surface area contributed by atoms with Crippen LogP contribution in [0.25, 0.3) is 0 Å². The third-order valence-corrected chi connectivity index (χ3v) is 2.16. The zero-order valence-corrected chi connectivity index (χ0v) is 12.8. The molecule has 3 N–H and O–H groups in total. The van der Waals surface area contributed by atoms with Crippen LogP contribution in [-0.2, 0) is 21.1 Å². The van der Waals surface area contributed by atoms with Gasteiger partial charge in [0.25, 0.3) is 0 Å². The summed E-state index contributed by atoms with van der Waals surface area (Å²) >= 11 is 0. The molecule has 2 aliphatic rings. The Labute approximate surface area is 120 Å². The molecule has 0 aromatic carbocycles. The summed E-state index contributed by atoms with van der Waals surface area (Å²) in [7, 11) is 0. The fourth-order valence-corrected chi connectivity index (χ4v) is 1.41. The van der Waals surface area contributed by atoms with E-state index in [4.69, 9.17) is 0 Å². The number of hydrogen-bond acceptors (Lipinski definition) is 3. The van der Waals surface area contributed by atoms with Gasteiger partial charge in [0.15, 0.2) is 0 Å². The third-order valence-electron chi connectivity index (χ3n) is 2.16. The molecule has 0 radical (unpaired) electrons. The van der Waals surface area contributed by atoms with Crippen molar-refractivity contribution in [2.24, 2.45) is 0 Å². The van der Waals surface area contributed by atoms with Crippen molar-refractivity contribution in [2.45, 2.75) is 19.3 Å². The molecule has 2 rings (SSSR count). The van der Waals surface area contributed by atoms with Gasteiger partial charge in [-0.05, 0) is 25.9 Å². The van der Waals surface area contributed by atoms with Crippen molar-refractivity contribution < 1.29 is 33.5 Å². The van der Waals surface area contributed by atoms with Crippen LogP contribution in [0.2, 0.25) is 0 Å². The molecule has 0 unspecified atom stereocenters. The summed E-state index contributed by atoms with van der Waals surface area (Å²) in [6.45, 7) is 7.06. The average molecular weight is 438 g/mol. The molecule has 2 heterocycles. The first-order valence-corrected chi connectivity index (χ1v) is 5.12. The fraction of sp³-hybridized carbons (Fsp3) is 1.00. The van der Waals surface area contributed by atoms with Gasteiger partial charge in [0, 0.05) is 26.2 Å². The summed E-state index contributed by atoms with van der Waals surface area (Å²) in [4.78, 5) is 0. The van der Waals surface area contributed by atoms with E-state index in [1.165, 1.54) is 32.4 Å². The van der Waals surface area contributed by atoms with E-state index in [1.807, 2.05) is 0 Å². The normalized spacial score (nSPS) is 19.2. The minimum Gasteiger partial charge on any atom is -1.00 e. The second kappa shape index (κ2) is 17.5. The first-order valence-electron chi connectivity index (χ1n) is 5.12. The van der Waals surface area contributed by atoms with Crippen LogP contribution in [0.3, 0.4) is 0 Å². The van der Waals surface area contributed by atoms with E-state index >= 15 is 0 Å². The number of piperidine rings is 1. The Morgan fingerprint density at radius 2 is 0.867 bits per heavy atom. The molecular formula is C9H22Cl2N3Pt+. The molecule has 0 bridgehead atoms. The minimum atomic E-state index is 0. The zero-order chi connectivity index (χ0) is 8.49. The smallest absolute Gasteiger partial charge is 1.00 e. The maximum Gasteiger partial charge on any atom is 2.00 e. The Kier molecular flexibility index (Phi) is 25.1. The Balaban J connectivity index is -0.000000160. The minimum absolute atomic E-state index is 0. The van der Waals surface area contributed by atoms with Crippen molar-refractivity contribution >= 4 is 12.4 Å². The molecule has 2 saturated heterocycles. The molecule has 0 amide bonds. The standard InChI is InChI=1S/C5H11N.C4H10N2.2ClH.Pt/c1-2-4-6-5-3-1;1-2-6-4-3-5-1;;;/h6H,1-5H2;5-6H,1-4H2;2*1H;/q;;;;+2/p-1. The molecule has 2 fully saturated rings. The summed E-state index contributed by atoms with van der Waals surface area (Å²) < 4.78 is 0. The first-order chi connectivity index (χ1) is 6.00. The number of piperazine rings is 1. The van der Waals surface area contributed by atoms with Gasteiger partial charge in [-0.15, -0.1) is 12.4 Å². The van der Waals surface area contributed by atoms with Crippen molar-refractivity contribution in [3.63, 3.8) is 0 Å². The molecule has 96 valence electrons. The van der Waals surface area contributed by atoms with E-state index in [1.54, 1.807) is 0 Å². The predicted molar refractivity (Wildman–Crippen MR) is 59.7 cm³/mol. The van der Waals surface area contributed by atoms with Crippen molar-refractivity contribution in [1.82, 2.24) is 16.0 Å². The van der Waals surface area contributed by atoms with E-state index < -0.39 is 0 Å². The van der Waals surface area contributed by atoms with Crippen LogP contribution >= 0.6 is 12.4 Å². The Morgan fingerprint density at radius 1 is 0.533 bits per heavy atom. The maximum atomic E-state index is 3.28. The van der Waals surface area contributed by atoms with Crippen LogP contribution in [0.15, 0.2) is 0 Å². The second-order valence-corrected chi connectivity index (χ2v) is 3.31. The molecule has 0 aromatic rings. The van der Waals surface area contributed by atoms with Gasteiger partial charge in [0.2, 0.25) is 0 Å². The molecule has 0 aliphatic carbocycles. The van der Waals surface area contributed by atoms with E-state index in [0.717, 1.165) is 26.2 Å². The molecule has 6 heteroatoms. The molecular weight excluding hydrogens is 416 g/mol. The van der Waals surface area contributed by atoms with Crippen molar-refractivity contribution in [1.29, 1.82) is 0 Å². The molecule has 2 aliphatic heterocycles. The summed E-state index contributed by atoms with van der Waals surface area (Å²) in [6, 6.07) is 0. The van der Waals surface area contributed by atoms with Crippen LogP contribution in [0.4, 0.5) is 0 Å². The zero-order valence-electron chi connectivity index (χ0n) is 8.97. The molecule has 0 atom stereocenters. The number of rotatable bonds is 0. The predicted octanol–water partition coefficient (Wildman–Crippen LogP) is -2.64. The topological polar surface area (TPSA) is 36.1 Å². The van der Waals surface area contributed by atoms with E-state index in [-0.39, 0.29) is 45.9 Å². The molecule has 3 nitrogen and oxygen atoms in total. The molecule has 0 saturated carbocycles. The number of nitrogens with one attached hydrogen (secondary N) is 3. The van der Waals surface area contributed by atoms with Crippen LogP contribution < -0.4 is 28.4 Å². The molecule has 15 heavy (non-hydrogen) atoms. The summed E-state index contributed by atoms with van der Waals surface area (Å²) in [6.07, 6.45) is 4.22. The van der Waals surface area contributed by atoms with Crippen LogP contribution in [0.5, 0.6) is 0 Å². The second-order valence-electron chi connectivity index (χ2n) is 3.31. The summed E-state index contributed by atoms with van der Waals surface area (Å²) in [5.74, 6) is 0. The van der Waals surface area contributed by atoms with Gasteiger partial charge in [-0.25, -0.2) is 0 Å². The van der Waals surface area contributed by atoms with Gasteiger partial charge in [-0.1, -0.05) is 6.42 Å². The monoisotopic (exact) mass is 437 g/mol. The summed E-state index contributed by atoms with van der Waals surface area (Å²) in [5, 5.41) is 9.73. The number of hydrogen-bond donors (Lipinski definition) is 3. The van der Waals surface area contributed by atoms with Crippen molar-refractivity contribution in [3.8, 4) is 0 Å². The van der Waals surface area contributed by atoms with Gasteiger partial charge in [-0.2, -0.15) is 0 Å².